The SMILES string of the molecule is CC(C)(C#N)CCCCSc1ccc(N)nc1. The van der Waals surface area contributed by atoms with Gasteiger partial charge in [-0.2, -0.15) is 5.26 Å². The quantitative estimate of drug-likeness (QED) is 0.619. The summed E-state index contributed by atoms with van der Waals surface area (Å²) >= 11 is 1.79. The number of unbranched alkanes of at least 4 members (excludes halogenated alkanes) is 1. The van der Waals surface area contributed by atoms with E-state index in [2.05, 4.69) is 11.1 Å². The van der Waals surface area contributed by atoms with E-state index in [0.717, 1.165) is 29.9 Å². The second kappa shape index (κ2) is 6.51. The second-order valence-electron chi connectivity index (χ2n) is 4.72. The van der Waals surface area contributed by atoms with Gasteiger partial charge >= 0.3 is 0 Å². The van der Waals surface area contributed by atoms with E-state index in [-0.39, 0.29) is 5.41 Å². The lowest BCUT2D eigenvalue weighted by molar-refractivity contribution is 0.433. The summed E-state index contributed by atoms with van der Waals surface area (Å²) < 4.78 is 0. The van der Waals surface area contributed by atoms with Gasteiger partial charge in [-0.25, -0.2) is 4.98 Å². The van der Waals surface area contributed by atoms with Crippen LogP contribution in [0.2, 0.25) is 0 Å². The van der Waals surface area contributed by atoms with Crippen molar-refractivity contribution in [3.63, 3.8) is 0 Å². The lowest BCUT2D eigenvalue weighted by atomic mass is 9.89. The molecule has 4 heteroatoms. The van der Waals surface area contributed by atoms with Gasteiger partial charge in [-0.1, -0.05) is 6.42 Å². The number of nitriles is 1. The Kier molecular flexibility index (Phi) is 5.30. The Hall–Kier alpha value is -1.21. The van der Waals surface area contributed by atoms with Crippen LogP contribution in [-0.2, 0) is 0 Å². The van der Waals surface area contributed by atoms with Crippen LogP contribution in [0.15, 0.2) is 23.2 Å². The summed E-state index contributed by atoms with van der Waals surface area (Å²) in [6.07, 6.45) is 4.99. The topological polar surface area (TPSA) is 62.7 Å². The van der Waals surface area contributed by atoms with Gasteiger partial charge in [-0.3, -0.25) is 0 Å². The highest BCUT2D eigenvalue weighted by molar-refractivity contribution is 7.99. The molecule has 0 aromatic carbocycles. The van der Waals surface area contributed by atoms with Crippen LogP contribution in [0.5, 0.6) is 0 Å². The minimum absolute atomic E-state index is 0.187. The Morgan fingerprint density at radius 2 is 2.18 bits per heavy atom. The molecule has 1 aromatic rings. The fraction of sp³-hybridized carbons (Fsp3) is 0.538. The van der Waals surface area contributed by atoms with Crippen molar-refractivity contribution in [2.24, 2.45) is 5.41 Å². The highest BCUT2D eigenvalue weighted by Crippen LogP contribution is 2.24. The van der Waals surface area contributed by atoms with Gasteiger partial charge in [0, 0.05) is 11.1 Å². The van der Waals surface area contributed by atoms with Crippen LogP contribution in [0.1, 0.15) is 33.1 Å². The van der Waals surface area contributed by atoms with Gasteiger partial charge in [0.2, 0.25) is 0 Å². The molecule has 1 heterocycles. The molecular formula is C13H19N3S. The number of nitrogens with zero attached hydrogens (tertiary/aromatic N) is 2. The third-order valence-electron chi connectivity index (χ3n) is 2.53. The average molecular weight is 249 g/mol. The van der Waals surface area contributed by atoms with Crippen molar-refractivity contribution in [2.45, 2.75) is 38.0 Å². The van der Waals surface area contributed by atoms with Crippen molar-refractivity contribution >= 4 is 17.6 Å². The summed E-state index contributed by atoms with van der Waals surface area (Å²) in [5.41, 5.74) is 5.33. The van der Waals surface area contributed by atoms with Crippen molar-refractivity contribution in [1.29, 1.82) is 5.26 Å². The maximum absolute atomic E-state index is 8.88. The number of nitrogen functional groups attached to an aromatic ring is 1. The van der Waals surface area contributed by atoms with Crippen LogP contribution >= 0.6 is 11.8 Å². The summed E-state index contributed by atoms with van der Waals surface area (Å²) in [6.45, 7) is 3.98. The Morgan fingerprint density at radius 1 is 1.41 bits per heavy atom. The molecule has 0 aliphatic rings. The number of thioether (sulfide) groups is 1. The molecule has 0 amide bonds. The minimum Gasteiger partial charge on any atom is -0.384 e. The summed E-state index contributed by atoms with van der Waals surface area (Å²) in [7, 11) is 0. The van der Waals surface area contributed by atoms with Crippen LogP contribution in [0.3, 0.4) is 0 Å². The van der Waals surface area contributed by atoms with Gasteiger partial charge in [-0.15, -0.1) is 11.8 Å². The smallest absolute Gasteiger partial charge is 0.123 e. The maximum Gasteiger partial charge on any atom is 0.123 e. The number of rotatable bonds is 6. The largest absolute Gasteiger partial charge is 0.384 e. The van der Waals surface area contributed by atoms with E-state index in [0.29, 0.717) is 5.82 Å². The summed E-state index contributed by atoms with van der Waals surface area (Å²) in [4.78, 5) is 5.20. The maximum atomic E-state index is 8.88. The second-order valence-corrected chi connectivity index (χ2v) is 5.89. The third-order valence-corrected chi connectivity index (χ3v) is 3.59. The molecule has 0 unspecified atom stereocenters. The van der Waals surface area contributed by atoms with E-state index in [1.165, 1.54) is 0 Å². The first-order valence-corrected chi connectivity index (χ1v) is 6.78. The van der Waals surface area contributed by atoms with E-state index in [1.807, 2.05) is 26.0 Å². The number of hydrogen-bond donors (Lipinski definition) is 1. The van der Waals surface area contributed by atoms with E-state index < -0.39 is 0 Å². The molecule has 0 saturated carbocycles. The lowest BCUT2D eigenvalue weighted by Gasteiger charge is -2.13. The zero-order chi connectivity index (χ0) is 12.7. The van der Waals surface area contributed by atoms with E-state index in [1.54, 1.807) is 18.0 Å². The molecule has 17 heavy (non-hydrogen) atoms. The lowest BCUT2D eigenvalue weighted by Crippen LogP contribution is -2.07. The Balaban J connectivity index is 2.17. The number of nitrogens with two attached hydrogens (primary N) is 1. The van der Waals surface area contributed by atoms with Gasteiger partial charge in [0.1, 0.15) is 5.82 Å². The van der Waals surface area contributed by atoms with Crippen molar-refractivity contribution in [3.05, 3.63) is 18.3 Å². The highest BCUT2D eigenvalue weighted by atomic mass is 32.2. The molecule has 0 saturated heterocycles. The van der Waals surface area contributed by atoms with Crippen LogP contribution < -0.4 is 5.73 Å². The fourth-order valence-corrected chi connectivity index (χ4v) is 2.27. The van der Waals surface area contributed by atoms with Crippen molar-refractivity contribution < 1.29 is 0 Å². The highest BCUT2D eigenvalue weighted by Gasteiger charge is 2.15. The van der Waals surface area contributed by atoms with Gasteiger partial charge in [0.25, 0.3) is 0 Å². The average Bonchev–Trinajstić information content (AvgIpc) is 2.31. The molecular weight excluding hydrogens is 230 g/mol. The molecule has 0 bridgehead atoms. The molecule has 0 aliphatic carbocycles. The minimum atomic E-state index is -0.187. The van der Waals surface area contributed by atoms with Crippen molar-refractivity contribution in [3.8, 4) is 6.07 Å². The monoisotopic (exact) mass is 249 g/mol. The molecule has 0 spiro atoms. The zero-order valence-electron chi connectivity index (χ0n) is 10.4. The number of pyridine rings is 1. The summed E-state index contributed by atoms with van der Waals surface area (Å²) in [6, 6.07) is 6.14. The van der Waals surface area contributed by atoms with E-state index in [9.17, 15) is 0 Å². The zero-order valence-corrected chi connectivity index (χ0v) is 11.3. The van der Waals surface area contributed by atoms with Gasteiger partial charge in [-0.05, 0) is 44.6 Å². The summed E-state index contributed by atoms with van der Waals surface area (Å²) in [5, 5.41) is 8.88. The standard InChI is InChI=1S/C13H19N3S/c1-13(2,10-14)7-3-4-8-17-11-5-6-12(15)16-9-11/h5-6,9H,3-4,7-8H2,1-2H3,(H2,15,16). The van der Waals surface area contributed by atoms with Gasteiger partial charge < -0.3 is 5.73 Å². The fourth-order valence-electron chi connectivity index (χ4n) is 1.39. The number of anilines is 1. The molecule has 92 valence electrons. The summed E-state index contributed by atoms with van der Waals surface area (Å²) in [5.74, 6) is 1.62. The normalized spacial score (nSPS) is 11.1. The van der Waals surface area contributed by atoms with Crippen molar-refractivity contribution in [2.75, 3.05) is 11.5 Å². The third kappa shape index (κ3) is 5.60. The first-order chi connectivity index (χ1) is 8.03. The molecule has 0 atom stereocenters. The van der Waals surface area contributed by atoms with Crippen LogP contribution in [0, 0.1) is 16.7 Å². The number of hydrogen-bond acceptors (Lipinski definition) is 4. The Bertz CT molecular complexity index is 379. The molecule has 1 aromatic heterocycles. The number of aromatic nitrogens is 1. The van der Waals surface area contributed by atoms with Gasteiger partial charge in [0.15, 0.2) is 0 Å². The van der Waals surface area contributed by atoms with E-state index >= 15 is 0 Å². The van der Waals surface area contributed by atoms with Crippen LogP contribution in [-0.4, -0.2) is 10.7 Å². The van der Waals surface area contributed by atoms with E-state index in [4.69, 9.17) is 11.0 Å². The molecule has 0 fully saturated rings. The first kappa shape index (κ1) is 13.9. The molecule has 1 rings (SSSR count). The van der Waals surface area contributed by atoms with Gasteiger partial charge in [0.05, 0.1) is 11.5 Å². The molecule has 0 radical (unpaired) electrons. The molecule has 3 nitrogen and oxygen atoms in total. The first-order valence-electron chi connectivity index (χ1n) is 5.79. The predicted molar refractivity (Wildman–Crippen MR) is 72.6 cm³/mol. The predicted octanol–water partition coefficient (Wildman–Crippen LogP) is 3.48. The Morgan fingerprint density at radius 3 is 2.76 bits per heavy atom. The van der Waals surface area contributed by atoms with Crippen LogP contribution in [0.25, 0.3) is 0 Å². The Labute approximate surface area is 107 Å². The van der Waals surface area contributed by atoms with Crippen molar-refractivity contribution in [1.82, 2.24) is 4.98 Å². The molecule has 2 N–H and O–H groups in total. The van der Waals surface area contributed by atoms with Crippen LogP contribution in [0.4, 0.5) is 5.82 Å². The molecule has 0 aliphatic heterocycles.